The Hall–Kier alpha value is -1.58. The van der Waals surface area contributed by atoms with Crippen molar-refractivity contribution in [3.63, 3.8) is 0 Å². The Morgan fingerprint density at radius 3 is 2.60 bits per heavy atom. The molecule has 0 aliphatic heterocycles. The van der Waals surface area contributed by atoms with E-state index in [-0.39, 0.29) is 5.82 Å². The molecule has 1 aliphatic rings. The first-order valence-electron chi connectivity index (χ1n) is 7.11. The summed E-state index contributed by atoms with van der Waals surface area (Å²) in [6, 6.07) is 4.58. The normalized spacial score (nSPS) is 30.0. The third kappa shape index (κ3) is 2.94. The van der Waals surface area contributed by atoms with E-state index in [2.05, 4.69) is 19.2 Å². The zero-order valence-electron chi connectivity index (χ0n) is 12.2. The summed E-state index contributed by atoms with van der Waals surface area (Å²) in [6.07, 6.45) is 2.01. The molecule has 0 spiro atoms. The molecule has 110 valence electrons. The largest absolute Gasteiger partial charge is 0.480 e. The van der Waals surface area contributed by atoms with Gasteiger partial charge in [0.05, 0.1) is 0 Å². The first-order chi connectivity index (χ1) is 9.32. The Labute approximate surface area is 119 Å². The van der Waals surface area contributed by atoms with Crippen LogP contribution in [0.25, 0.3) is 0 Å². The second-order valence-electron chi connectivity index (χ2n) is 6.23. The number of carboxylic acid groups (broad SMARTS) is 1. The van der Waals surface area contributed by atoms with Crippen LogP contribution < -0.4 is 5.32 Å². The first-order valence-corrected chi connectivity index (χ1v) is 7.11. The summed E-state index contributed by atoms with van der Waals surface area (Å²) in [5.41, 5.74) is 0.350. The number of benzene rings is 1. The van der Waals surface area contributed by atoms with Gasteiger partial charge < -0.3 is 10.4 Å². The Bertz CT molecular complexity index is 497. The van der Waals surface area contributed by atoms with E-state index < -0.39 is 11.5 Å². The van der Waals surface area contributed by atoms with Crippen molar-refractivity contribution >= 4 is 11.7 Å². The quantitative estimate of drug-likeness (QED) is 0.884. The predicted octanol–water partition coefficient (Wildman–Crippen LogP) is 3.83. The lowest BCUT2D eigenvalue weighted by Crippen LogP contribution is -2.51. The van der Waals surface area contributed by atoms with Crippen LogP contribution in [-0.2, 0) is 4.79 Å². The molecule has 2 N–H and O–H groups in total. The monoisotopic (exact) mass is 279 g/mol. The number of carbonyl (C=O) groups is 1. The molecule has 3 unspecified atom stereocenters. The van der Waals surface area contributed by atoms with E-state index in [4.69, 9.17) is 0 Å². The fraction of sp³-hybridized carbons (Fsp3) is 0.562. The average molecular weight is 279 g/mol. The maximum atomic E-state index is 13.5. The summed E-state index contributed by atoms with van der Waals surface area (Å²) >= 11 is 0. The van der Waals surface area contributed by atoms with Crippen LogP contribution in [0.2, 0.25) is 0 Å². The summed E-state index contributed by atoms with van der Waals surface area (Å²) in [7, 11) is 0. The van der Waals surface area contributed by atoms with Crippen LogP contribution in [0.3, 0.4) is 0 Å². The van der Waals surface area contributed by atoms with Crippen molar-refractivity contribution in [3.8, 4) is 0 Å². The highest BCUT2D eigenvalue weighted by Crippen LogP contribution is 2.38. The van der Waals surface area contributed by atoms with Gasteiger partial charge in [0.1, 0.15) is 11.4 Å². The Kier molecular flexibility index (Phi) is 4.02. The molecular weight excluding hydrogens is 257 g/mol. The maximum absolute atomic E-state index is 13.5. The average Bonchev–Trinajstić information content (AvgIpc) is 2.32. The SMILES string of the molecule is Cc1cc(F)cc(NC2(C(=O)O)CCC(C)C(C)C2)c1. The number of aryl methyl sites for hydroxylation is 1. The van der Waals surface area contributed by atoms with Gasteiger partial charge in [-0.15, -0.1) is 0 Å². The van der Waals surface area contributed by atoms with Crippen molar-refractivity contribution < 1.29 is 14.3 Å². The van der Waals surface area contributed by atoms with Gasteiger partial charge in [-0.25, -0.2) is 9.18 Å². The number of hydrogen-bond donors (Lipinski definition) is 2. The third-order valence-corrected chi connectivity index (χ3v) is 4.50. The molecule has 1 fully saturated rings. The zero-order chi connectivity index (χ0) is 14.9. The van der Waals surface area contributed by atoms with E-state index in [9.17, 15) is 14.3 Å². The summed E-state index contributed by atoms with van der Waals surface area (Å²) in [6.45, 7) is 6.04. The van der Waals surface area contributed by atoms with Gasteiger partial charge >= 0.3 is 5.97 Å². The molecule has 2 rings (SSSR count). The van der Waals surface area contributed by atoms with E-state index in [1.54, 1.807) is 13.0 Å². The molecule has 4 heteroatoms. The molecule has 0 heterocycles. The van der Waals surface area contributed by atoms with Crippen molar-refractivity contribution in [3.05, 3.63) is 29.6 Å². The number of carboxylic acids is 1. The van der Waals surface area contributed by atoms with E-state index in [1.165, 1.54) is 12.1 Å². The van der Waals surface area contributed by atoms with Crippen LogP contribution in [0.4, 0.5) is 10.1 Å². The van der Waals surface area contributed by atoms with Crippen LogP contribution in [0.15, 0.2) is 18.2 Å². The lowest BCUT2D eigenvalue weighted by atomic mass is 9.71. The molecule has 20 heavy (non-hydrogen) atoms. The van der Waals surface area contributed by atoms with Crippen LogP contribution in [0.5, 0.6) is 0 Å². The molecule has 0 saturated heterocycles. The van der Waals surface area contributed by atoms with E-state index in [1.807, 2.05) is 0 Å². The third-order valence-electron chi connectivity index (χ3n) is 4.50. The van der Waals surface area contributed by atoms with Crippen LogP contribution in [-0.4, -0.2) is 16.6 Å². The molecule has 0 amide bonds. The maximum Gasteiger partial charge on any atom is 0.329 e. The first kappa shape index (κ1) is 14.8. The molecule has 3 nitrogen and oxygen atoms in total. The summed E-state index contributed by atoms with van der Waals surface area (Å²) in [5, 5.41) is 12.7. The van der Waals surface area contributed by atoms with Gasteiger partial charge in [-0.3, -0.25) is 0 Å². The van der Waals surface area contributed by atoms with Crippen LogP contribution in [0.1, 0.15) is 38.7 Å². The van der Waals surface area contributed by atoms with Gasteiger partial charge in [-0.05, 0) is 61.8 Å². The van der Waals surface area contributed by atoms with Crippen LogP contribution in [0, 0.1) is 24.6 Å². The lowest BCUT2D eigenvalue weighted by Gasteiger charge is -2.41. The van der Waals surface area contributed by atoms with Crippen molar-refractivity contribution in [1.82, 2.24) is 0 Å². The Morgan fingerprint density at radius 1 is 1.35 bits per heavy atom. The number of aliphatic carboxylic acids is 1. The molecule has 0 radical (unpaired) electrons. The minimum atomic E-state index is -0.980. The van der Waals surface area contributed by atoms with Crippen molar-refractivity contribution in [1.29, 1.82) is 0 Å². The fourth-order valence-electron chi connectivity index (χ4n) is 3.06. The minimum Gasteiger partial charge on any atom is -0.480 e. The van der Waals surface area contributed by atoms with Crippen LogP contribution >= 0.6 is 0 Å². The second kappa shape index (κ2) is 5.43. The highest BCUT2D eigenvalue weighted by Gasteiger charge is 2.44. The van der Waals surface area contributed by atoms with E-state index in [0.29, 0.717) is 30.4 Å². The molecule has 1 saturated carbocycles. The molecular formula is C16H22FNO2. The van der Waals surface area contributed by atoms with Gasteiger partial charge in [0.2, 0.25) is 0 Å². The highest BCUT2D eigenvalue weighted by atomic mass is 19.1. The molecule has 1 aromatic carbocycles. The second-order valence-corrected chi connectivity index (χ2v) is 6.23. The molecule has 1 aliphatic carbocycles. The molecule has 0 bridgehead atoms. The summed E-state index contributed by atoms with van der Waals surface area (Å²) in [5.74, 6) is -0.330. The standard InChI is InChI=1S/C16H22FNO2/c1-10-6-13(17)8-14(7-10)18-16(15(19)20)5-4-11(2)12(3)9-16/h6-8,11-12,18H,4-5,9H2,1-3H3,(H,19,20). The minimum absolute atomic E-state index is 0.335. The molecule has 0 aromatic heterocycles. The number of hydrogen-bond acceptors (Lipinski definition) is 2. The number of anilines is 1. The summed E-state index contributed by atoms with van der Waals surface area (Å²) < 4.78 is 13.5. The van der Waals surface area contributed by atoms with Gasteiger partial charge in [0, 0.05) is 5.69 Å². The predicted molar refractivity (Wildman–Crippen MR) is 77.3 cm³/mol. The van der Waals surface area contributed by atoms with Gasteiger partial charge in [-0.1, -0.05) is 13.8 Å². The van der Waals surface area contributed by atoms with Crippen molar-refractivity contribution in [2.24, 2.45) is 11.8 Å². The van der Waals surface area contributed by atoms with Crippen molar-refractivity contribution in [2.75, 3.05) is 5.32 Å². The fourth-order valence-corrected chi connectivity index (χ4v) is 3.06. The summed E-state index contributed by atoms with van der Waals surface area (Å²) in [4.78, 5) is 11.7. The van der Waals surface area contributed by atoms with Gasteiger partial charge in [0.25, 0.3) is 0 Å². The smallest absolute Gasteiger partial charge is 0.329 e. The lowest BCUT2D eigenvalue weighted by molar-refractivity contribution is -0.144. The Balaban J connectivity index is 2.28. The Morgan fingerprint density at radius 2 is 2.05 bits per heavy atom. The van der Waals surface area contributed by atoms with Gasteiger partial charge in [0.15, 0.2) is 0 Å². The highest BCUT2D eigenvalue weighted by molar-refractivity contribution is 5.83. The number of nitrogens with one attached hydrogen (secondary N) is 1. The molecule has 1 aromatic rings. The number of halogens is 1. The van der Waals surface area contributed by atoms with E-state index in [0.717, 1.165) is 12.0 Å². The number of rotatable bonds is 3. The van der Waals surface area contributed by atoms with E-state index >= 15 is 0 Å². The zero-order valence-corrected chi connectivity index (χ0v) is 12.2. The van der Waals surface area contributed by atoms with Crippen molar-refractivity contribution in [2.45, 2.75) is 45.6 Å². The van der Waals surface area contributed by atoms with Gasteiger partial charge in [-0.2, -0.15) is 0 Å². The molecule has 3 atom stereocenters. The topological polar surface area (TPSA) is 49.3 Å².